The smallest absolute Gasteiger partial charge is 0.335 e. The molecule has 0 unspecified atom stereocenters. The zero-order valence-electron chi connectivity index (χ0n) is 18.5. The quantitative estimate of drug-likeness (QED) is 0.410. The molecule has 0 saturated carbocycles. The van der Waals surface area contributed by atoms with Gasteiger partial charge in [0.05, 0.1) is 0 Å². The van der Waals surface area contributed by atoms with Crippen LogP contribution in [0.25, 0.3) is 0 Å². The molecule has 5 nitrogen and oxygen atoms in total. The lowest BCUT2D eigenvalue weighted by atomic mass is 9.88. The van der Waals surface area contributed by atoms with Gasteiger partial charge in [0.25, 0.3) is 0 Å². The van der Waals surface area contributed by atoms with Gasteiger partial charge in [-0.25, -0.2) is 0 Å². The third-order valence-corrected chi connectivity index (χ3v) is 8.22. The Kier molecular flexibility index (Phi) is 12.4. The highest BCUT2D eigenvalue weighted by Gasteiger charge is 2.44. The molecule has 0 N–H and O–H groups in total. The van der Waals surface area contributed by atoms with Crippen molar-refractivity contribution >= 4 is 8.56 Å². The Hall–Kier alpha value is 0.0169. The molecule has 0 rings (SSSR count). The normalized spacial score (nSPS) is 13.4. The SMILES string of the molecule is CCO[Si](C)(CC(CN(C)CC)(CN(C)CC)CN(C)CC)OCC. The van der Waals surface area contributed by atoms with Crippen LogP contribution in [0.1, 0.15) is 34.6 Å². The summed E-state index contributed by atoms with van der Waals surface area (Å²) in [7, 11) is 4.48. The van der Waals surface area contributed by atoms with Crippen LogP contribution in [0.2, 0.25) is 12.6 Å². The molecule has 0 bridgehead atoms. The Bertz CT molecular complexity index is 307. The van der Waals surface area contributed by atoms with Crippen molar-refractivity contribution in [2.75, 3.05) is 73.6 Å². The average Bonchev–Trinajstić information content (AvgIpc) is 2.54. The first-order valence-electron chi connectivity index (χ1n) is 10.0. The molecular formula is C19H45N3O2Si. The van der Waals surface area contributed by atoms with Crippen LogP contribution in [-0.4, -0.2) is 96.9 Å². The van der Waals surface area contributed by atoms with Crippen LogP contribution in [0.3, 0.4) is 0 Å². The van der Waals surface area contributed by atoms with Gasteiger partial charge < -0.3 is 23.6 Å². The Morgan fingerprint density at radius 1 is 0.680 bits per heavy atom. The lowest BCUT2D eigenvalue weighted by Crippen LogP contribution is -2.55. The minimum absolute atomic E-state index is 0.144. The largest absolute Gasteiger partial charge is 0.395 e. The van der Waals surface area contributed by atoms with Gasteiger partial charge in [-0.2, -0.15) is 0 Å². The van der Waals surface area contributed by atoms with Crippen LogP contribution >= 0.6 is 0 Å². The molecule has 0 aliphatic rings. The molecule has 0 heterocycles. The van der Waals surface area contributed by atoms with E-state index in [-0.39, 0.29) is 5.41 Å². The van der Waals surface area contributed by atoms with Gasteiger partial charge in [0.15, 0.2) is 0 Å². The summed E-state index contributed by atoms with van der Waals surface area (Å²) in [5, 5.41) is 0. The second-order valence-electron chi connectivity index (χ2n) is 7.67. The van der Waals surface area contributed by atoms with Crippen LogP contribution in [-0.2, 0) is 8.85 Å². The fraction of sp³-hybridized carbons (Fsp3) is 1.00. The predicted octanol–water partition coefficient (Wildman–Crippen LogP) is 2.97. The standard InChI is InChI=1S/C19H45N3O2Si/c1-10-20(6)15-19(16-21(7)11-2,17-22(8)12-3)18-25(9,23-13-4)24-14-5/h10-18H2,1-9H3. The Morgan fingerprint density at radius 2 is 1.00 bits per heavy atom. The first kappa shape index (κ1) is 25.0. The molecule has 0 aliphatic carbocycles. The summed E-state index contributed by atoms with van der Waals surface area (Å²) in [6.07, 6.45) is 0. The van der Waals surface area contributed by atoms with Crippen molar-refractivity contribution in [1.82, 2.24) is 14.7 Å². The van der Waals surface area contributed by atoms with E-state index in [1.807, 2.05) is 0 Å². The molecule has 152 valence electrons. The third kappa shape index (κ3) is 9.49. The molecule has 0 spiro atoms. The fourth-order valence-corrected chi connectivity index (χ4v) is 7.01. The van der Waals surface area contributed by atoms with Gasteiger partial charge >= 0.3 is 8.56 Å². The minimum atomic E-state index is -2.20. The topological polar surface area (TPSA) is 28.2 Å². The van der Waals surface area contributed by atoms with Crippen molar-refractivity contribution in [2.24, 2.45) is 5.41 Å². The van der Waals surface area contributed by atoms with E-state index in [9.17, 15) is 0 Å². The lowest BCUT2D eigenvalue weighted by Gasteiger charge is -2.45. The van der Waals surface area contributed by atoms with Crippen LogP contribution in [0.4, 0.5) is 0 Å². The average molecular weight is 376 g/mol. The summed E-state index contributed by atoms with van der Waals surface area (Å²) in [6, 6.07) is 1.03. The van der Waals surface area contributed by atoms with Crippen molar-refractivity contribution < 1.29 is 8.85 Å². The van der Waals surface area contributed by atoms with Gasteiger partial charge in [-0.3, -0.25) is 0 Å². The number of hydrogen-bond donors (Lipinski definition) is 0. The zero-order valence-corrected chi connectivity index (χ0v) is 19.5. The van der Waals surface area contributed by atoms with Gasteiger partial charge in [-0.05, 0) is 61.2 Å². The van der Waals surface area contributed by atoms with Crippen molar-refractivity contribution in [3.63, 3.8) is 0 Å². The second kappa shape index (κ2) is 12.4. The summed E-state index contributed by atoms with van der Waals surface area (Å²) >= 11 is 0. The highest BCUT2D eigenvalue weighted by atomic mass is 28.4. The summed E-state index contributed by atoms with van der Waals surface area (Å²) in [5.41, 5.74) is 0.144. The first-order chi connectivity index (χ1) is 11.7. The molecule has 0 saturated heterocycles. The van der Waals surface area contributed by atoms with Gasteiger partial charge in [-0.15, -0.1) is 0 Å². The van der Waals surface area contributed by atoms with E-state index in [0.29, 0.717) is 0 Å². The molecule has 0 aromatic carbocycles. The van der Waals surface area contributed by atoms with Crippen LogP contribution in [0.5, 0.6) is 0 Å². The van der Waals surface area contributed by atoms with E-state index in [1.54, 1.807) is 0 Å². The molecule has 6 heteroatoms. The van der Waals surface area contributed by atoms with Crippen LogP contribution < -0.4 is 0 Å². The molecular weight excluding hydrogens is 330 g/mol. The molecule has 0 aliphatic heterocycles. The maximum Gasteiger partial charge on any atom is 0.335 e. The molecule has 0 fully saturated rings. The molecule has 0 radical (unpaired) electrons. The zero-order chi connectivity index (χ0) is 19.5. The molecule has 0 aromatic rings. The minimum Gasteiger partial charge on any atom is -0.395 e. The van der Waals surface area contributed by atoms with Crippen molar-refractivity contribution in [1.29, 1.82) is 0 Å². The van der Waals surface area contributed by atoms with Gasteiger partial charge in [0.1, 0.15) is 0 Å². The first-order valence-corrected chi connectivity index (χ1v) is 12.6. The van der Waals surface area contributed by atoms with Gasteiger partial charge in [0, 0.05) is 44.3 Å². The Morgan fingerprint density at radius 3 is 1.24 bits per heavy atom. The highest BCUT2D eigenvalue weighted by Crippen LogP contribution is 2.33. The monoisotopic (exact) mass is 375 g/mol. The highest BCUT2D eigenvalue weighted by molar-refractivity contribution is 6.66. The van der Waals surface area contributed by atoms with Crippen molar-refractivity contribution in [3.05, 3.63) is 0 Å². The molecule has 0 atom stereocenters. The lowest BCUT2D eigenvalue weighted by molar-refractivity contribution is 0.0817. The third-order valence-electron chi connectivity index (χ3n) is 5.03. The molecule has 0 aromatic heterocycles. The molecule has 0 amide bonds. The number of nitrogens with zero attached hydrogens (tertiary/aromatic N) is 3. The predicted molar refractivity (Wildman–Crippen MR) is 112 cm³/mol. The van der Waals surface area contributed by atoms with Gasteiger partial charge in [-0.1, -0.05) is 20.8 Å². The maximum atomic E-state index is 6.23. The van der Waals surface area contributed by atoms with Gasteiger partial charge in [0.2, 0.25) is 0 Å². The summed E-state index contributed by atoms with van der Waals surface area (Å²) in [5.74, 6) is 0. The van der Waals surface area contributed by atoms with E-state index in [0.717, 1.165) is 58.5 Å². The van der Waals surface area contributed by atoms with Crippen LogP contribution in [0.15, 0.2) is 0 Å². The molecule has 25 heavy (non-hydrogen) atoms. The number of rotatable bonds is 15. The summed E-state index contributed by atoms with van der Waals surface area (Å²) in [6.45, 7) is 21.0. The summed E-state index contributed by atoms with van der Waals surface area (Å²) < 4.78 is 12.5. The van der Waals surface area contributed by atoms with Crippen molar-refractivity contribution in [2.45, 2.75) is 47.2 Å². The second-order valence-corrected chi connectivity index (χ2v) is 10.9. The maximum absolute atomic E-state index is 6.23. The summed E-state index contributed by atoms with van der Waals surface area (Å²) in [4.78, 5) is 7.33. The van der Waals surface area contributed by atoms with E-state index < -0.39 is 8.56 Å². The van der Waals surface area contributed by atoms with E-state index in [2.05, 4.69) is 77.0 Å². The van der Waals surface area contributed by atoms with E-state index in [1.165, 1.54) is 0 Å². The van der Waals surface area contributed by atoms with E-state index >= 15 is 0 Å². The van der Waals surface area contributed by atoms with E-state index in [4.69, 9.17) is 8.85 Å². The van der Waals surface area contributed by atoms with Crippen molar-refractivity contribution in [3.8, 4) is 0 Å². The van der Waals surface area contributed by atoms with Crippen LogP contribution in [0, 0.1) is 5.41 Å². The Labute approximate surface area is 158 Å². The Balaban J connectivity index is 5.73. The fourth-order valence-electron chi connectivity index (χ4n) is 3.81. The number of hydrogen-bond acceptors (Lipinski definition) is 5.